The van der Waals surface area contributed by atoms with Gasteiger partial charge in [0, 0.05) is 36.8 Å². The first-order valence-corrected chi connectivity index (χ1v) is 8.40. The number of hydrogen-bond donors (Lipinski definition) is 1. The molecule has 1 aromatic rings. The van der Waals surface area contributed by atoms with Gasteiger partial charge in [-0.1, -0.05) is 13.8 Å². The topological polar surface area (TPSA) is 45.2 Å². The summed E-state index contributed by atoms with van der Waals surface area (Å²) in [7, 11) is 0. The smallest absolute Gasteiger partial charge is 0.257 e. The highest BCUT2D eigenvalue weighted by Gasteiger charge is 2.25. The van der Waals surface area contributed by atoms with E-state index in [0.29, 0.717) is 16.6 Å². The molecule has 1 unspecified atom stereocenters. The number of anilines is 1. The highest BCUT2D eigenvalue weighted by atomic mass is 32.2. The van der Waals surface area contributed by atoms with Gasteiger partial charge in [0.1, 0.15) is 5.82 Å². The van der Waals surface area contributed by atoms with Gasteiger partial charge < -0.3 is 10.2 Å². The molecule has 2 heterocycles. The number of amides is 1. The van der Waals surface area contributed by atoms with Crippen LogP contribution in [0.5, 0.6) is 0 Å². The third kappa shape index (κ3) is 3.66. The SMILES string of the molecule is CCCNc1ncccc1C(=O)N1CCSC(CC)C1. The lowest BCUT2D eigenvalue weighted by atomic mass is 10.2. The number of carbonyl (C=O) groups excluding carboxylic acids is 1. The minimum Gasteiger partial charge on any atom is -0.369 e. The van der Waals surface area contributed by atoms with Gasteiger partial charge >= 0.3 is 0 Å². The molecule has 0 bridgehead atoms. The molecular formula is C15H23N3OS. The largest absolute Gasteiger partial charge is 0.369 e. The molecule has 2 rings (SSSR count). The average Bonchev–Trinajstić information content (AvgIpc) is 2.52. The van der Waals surface area contributed by atoms with Crippen molar-refractivity contribution >= 4 is 23.5 Å². The lowest BCUT2D eigenvalue weighted by molar-refractivity contribution is 0.0761. The van der Waals surface area contributed by atoms with Crippen molar-refractivity contribution < 1.29 is 4.79 Å². The van der Waals surface area contributed by atoms with Crippen LogP contribution in [-0.4, -0.2) is 46.4 Å². The van der Waals surface area contributed by atoms with Crippen molar-refractivity contribution in [3.8, 4) is 0 Å². The van der Waals surface area contributed by atoms with Crippen LogP contribution in [0.25, 0.3) is 0 Å². The van der Waals surface area contributed by atoms with E-state index < -0.39 is 0 Å². The molecule has 0 aliphatic carbocycles. The van der Waals surface area contributed by atoms with Gasteiger partial charge in [-0.25, -0.2) is 4.98 Å². The molecule has 1 amide bonds. The monoisotopic (exact) mass is 293 g/mol. The summed E-state index contributed by atoms with van der Waals surface area (Å²) in [5, 5.41) is 3.81. The molecule has 20 heavy (non-hydrogen) atoms. The van der Waals surface area contributed by atoms with Crippen molar-refractivity contribution in [1.29, 1.82) is 0 Å². The zero-order valence-electron chi connectivity index (χ0n) is 12.3. The Labute approximate surface area is 125 Å². The molecule has 1 atom stereocenters. The minimum absolute atomic E-state index is 0.107. The lowest BCUT2D eigenvalue weighted by Crippen LogP contribution is -2.42. The maximum Gasteiger partial charge on any atom is 0.257 e. The van der Waals surface area contributed by atoms with Crippen molar-refractivity contribution in [3.05, 3.63) is 23.9 Å². The molecule has 1 N–H and O–H groups in total. The van der Waals surface area contributed by atoms with E-state index in [1.807, 2.05) is 28.8 Å². The Morgan fingerprint density at radius 2 is 2.40 bits per heavy atom. The maximum absolute atomic E-state index is 12.7. The van der Waals surface area contributed by atoms with E-state index in [-0.39, 0.29) is 5.91 Å². The van der Waals surface area contributed by atoms with Crippen LogP contribution >= 0.6 is 11.8 Å². The summed E-state index contributed by atoms with van der Waals surface area (Å²) in [6, 6.07) is 3.70. The summed E-state index contributed by atoms with van der Waals surface area (Å²) >= 11 is 1.97. The van der Waals surface area contributed by atoms with E-state index >= 15 is 0 Å². The molecule has 0 aromatic carbocycles. The summed E-state index contributed by atoms with van der Waals surface area (Å²) in [5.41, 5.74) is 0.697. The van der Waals surface area contributed by atoms with Crippen LogP contribution in [0.15, 0.2) is 18.3 Å². The second-order valence-corrected chi connectivity index (χ2v) is 6.39. The summed E-state index contributed by atoms with van der Waals surface area (Å²) < 4.78 is 0. The summed E-state index contributed by atoms with van der Waals surface area (Å²) in [5.74, 6) is 1.85. The predicted octanol–water partition coefficient (Wildman–Crippen LogP) is 2.87. The zero-order chi connectivity index (χ0) is 14.4. The van der Waals surface area contributed by atoms with Crippen molar-refractivity contribution in [3.63, 3.8) is 0 Å². The van der Waals surface area contributed by atoms with Crippen molar-refractivity contribution in [2.24, 2.45) is 0 Å². The first kappa shape index (κ1) is 15.2. The molecule has 1 aliphatic heterocycles. The average molecular weight is 293 g/mol. The lowest BCUT2D eigenvalue weighted by Gasteiger charge is -2.32. The zero-order valence-corrected chi connectivity index (χ0v) is 13.1. The Morgan fingerprint density at radius 1 is 1.55 bits per heavy atom. The molecule has 0 saturated carbocycles. The Balaban J connectivity index is 2.11. The first-order valence-electron chi connectivity index (χ1n) is 7.36. The number of thioether (sulfide) groups is 1. The molecule has 110 valence electrons. The molecule has 0 spiro atoms. The Kier molecular flexibility index (Phi) is 5.71. The highest BCUT2D eigenvalue weighted by Crippen LogP contribution is 2.23. The van der Waals surface area contributed by atoms with E-state index in [0.717, 1.165) is 38.2 Å². The van der Waals surface area contributed by atoms with Gasteiger partial charge in [-0.3, -0.25) is 4.79 Å². The quantitative estimate of drug-likeness (QED) is 0.906. The number of nitrogens with one attached hydrogen (secondary N) is 1. The fraction of sp³-hybridized carbons (Fsp3) is 0.600. The highest BCUT2D eigenvalue weighted by molar-refractivity contribution is 8.00. The second kappa shape index (κ2) is 7.53. The number of rotatable bonds is 5. The van der Waals surface area contributed by atoms with Crippen LogP contribution in [0.2, 0.25) is 0 Å². The fourth-order valence-electron chi connectivity index (χ4n) is 2.28. The minimum atomic E-state index is 0.107. The van der Waals surface area contributed by atoms with Gasteiger partial charge in [-0.15, -0.1) is 0 Å². The Morgan fingerprint density at radius 3 is 3.15 bits per heavy atom. The molecule has 1 saturated heterocycles. The Bertz CT molecular complexity index is 452. The van der Waals surface area contributed by atoms with E-state index in [1.165, 1.54) is 0 Å². The van der Waals surface area contributed by atoms with E-state index in [2.05, 4.69) is 24.1 Å². The van der Waals surface area contributed by atoms with Crippen LogP contribution in [0.4, 0.5) is 5.82 Å². The summed E-state index contributed by atoms with van der Waals surface area (Å²) in [4.78, 5) is 19.0. The van der Waals surface area contributed by atoms with Gasteiger partial charge in [0.2, 0.25) is 0 Å². The normalized spacial score (nSPS) is 18.9. The van der Waals surface area contributed by atoms with E-state index in [1.54, 1.807) is 6.20 Å². The second-order valence-electron chi connectivity index (χ2n) is 4.98. The van der Waals surface area contributed by atoms with Crippen LogP contribution in [0, 0.1) is 0 Å². The predicted molar refractivity (Wildman–Crippen MR) is 85.5 cm³/mol. The van der Waals surface area contributed by atoms with Crippen molar-refractivity contribution in [2.45, 2.75) is 31.9 Å². The molecule has 5 heteroatoms. The Hall–Kier alpha value is -1.23. The standard InChI is InChI=1S/C15H23N3OS/c1-3-7-16-14-13(6-5-8-17-14)15(19)18-9-10-20-12(4-2)11-18/h5-6,8,12H,3-4,7,9-11H2,1-2H3,(H,16,17). The molecule has 1 fully saturated rings. The fourth-order valence-corrected chi connectivity index (χ4v) is 3.46. The van der Waals surface area contributed by atoms with Crippen LogP contribution in [0.3, 0.4) is 0 Å². The molecular weight excluding hydrogens is 270 g/mol. The number of hydrogen-bond acceptors (Lipinski definition) is 4. The number of carbonyl (C=O) groups is 1. The third-order valence-electron chi connectivity index (χ3n) is 3.46. The molecule has 1 aliphatic rings. The van der Waals surface area contributed by atoms with Gasteiger partial charge in [0.15, 0.2) is 0 Å². The third-order valence-corrected chi connectivity index (χ3v) is 4.83. The summed E-state index contributed by atoms with van der Waals surface area (Å²) in [6.45, 7) is 6.81. The van der Waals surface area contributed by atoms with Gasteiger partial charge in [-0.2, -0.15) is 11.8 Å². The van der Waals surface area contributed by atoms with Crippen molar-refractivity contribution in [2.75, 3.05) is 30.7 Å². The van der Waals surface area contributed by atoms with Crippen molar-refractivity contribution in [1.82, 2.24) is 9.88 Å². The van der Waals surface area contributed by atoms with Crippen LogP contribution < -0.4 is 5.32 Å². The summed E-state index contributed by atoms with van der Waals surface area (Å²) in [6.07, 6.45) is 3.86. The molecule has 1 aromatic heterocycles. The van der Waals surface area contributed by atoms with Gasteiger partial charge in [0.05, 0.1) is 5.56 Å². The van der Waals surface area contributed by atoms with Crippen LogP contribution in [-0.2, 0) is 0 Å². The molecule has 0 radical (unpaired) electrons. The molecule has 4 nitrogen and oxygen atoms in total. The van der Waals surface area contributed by atoms with Gasteiger partial charge in [-0.05, 0) is 25.0 Å². The number of aromatic nitrogens is 1. The first-order chi connectivity index (χ1) is 9.76. The number of nitrogens with zero attached hydrogens (tertiary/aromatic N) is 2. The number of pyridine rings is 1. The van der Waals surface area contributed by atoms with Crippen LogP contribution in [0.1, 0.15) is 37.0 Å². The van der Waals surface area contributed by atoms with E-state index in [9.17, 15) is 4.79 Å². The maximum atomic E-state index is 12.7. The van der Waals surface area contributed by atoms with E-state index in [4.69, 9.17) is 0 Å². The van der Waals surface area contributed by atoms with Gasteiger partial charge in [0.25, 0.3) is 5.91 Å².